The molecule has 0 aliphatic carbocycles. The molecule has 0 aliphatic heterocycles. The summed E-state index contributed by atoms with van der Waals surface area (Å²) in [6.07, 6.45) is -4.44. The Morgan fingerprint density at radius 2 is 1.71 bits per heavy atom. The summed E-state index contributed by atoms with van der Waals surface area (Å²) in [5, 5.41) is 2.44. The zero-order valence-corrected chi connectivity index (χ0v) is 13.0. The SMILES string of the molecule is O=C(CSCc1cccc(F)c1F)Nc1ccc(C(F)(F)F)cc1. The Bertz CT molecular complexity index is 715. The third-order valence-corrected chi connectivity index (χ3v) is 4.00. The summed E-state index contributed by atoms with van der Waals surface area (Å²) in [5.74, 6) is -2.30. The highest BCUT2D eigenvalue weighted by molar-refractivity contribution is 7.99. The van der Waals surface area contributed by atoms with E-state index in [1.165, 1.54) is 12.1 Å². The van der Waals surface area contributed by atoms with Crippen LogP contribution in [0.4, 0.5) is 27.6 Å². The van der Waals surface area contributed by atoms with E-state index >= 15 is 0 Å². The normalized spacial score (nSPS) is 11.4. The van der Waals surface area contributed by atoms with E-state index in [1.807, 2.05) is 0 Å². The predicted molar refractivity (Wildman–Crippen MR) is 82.6 cm³/mol. The van der Waals surface area contributed by atoms with Crippen LogP contribution in [0.15, 0.2) is 42.5 Å². The van der Waals surface area contributed by atoms with Crippen molar-refractivity contribution >= 4 is 23.4 Å². The Morgan fingerprint density at radius 3 is 2.33 bits per heavy atom. The fourth-order valence-electron chi connectivity index (χ4n) is 1.85. The van der Waals surface area contributed by atoms with E-state index in [0.717, 1.165) is 42.1 Å². The predicted octanol–water partition coefficient (Wildman–Crippen LogP) is 4.86. The van der Waals surface area contributed by atoms with Crippen LogP contribution in [0.1, 0.15) is 11.1 Å². The number of carbonyl (C=O) groups excluding carboxylic acids is 1. The summed E-state index contributed by atoms with van der Waals surface area (Å²) >= 11 is 1.07. The quantitative estimate of drug-likeness (QED) is 0.771. The highest BCUT2D eigenvalue weighted by Crippen LogP contribution is 2.29. The summed E-state index contributed by atoms with van der Waals surface area (Å²) in [5.41, 5.74) is -0.440. The van der Waals surface area contributed by atoms with Gasteiger partial charge in [-0.2, -0.15) is 13.2 Å². The van der Waals surface area contributed by atoms with Gasteiger partial charge in [0.15, 0.2) is 11.6 Å². The highest BCUT2D eigenvalue weighted by atomic mass is 32.2. The van der Waals surface area contributed by atoms with Gasteiger partial charge in [0.1, 0.15) is 0 Å². The molecule has 0 spiro atoms. The summed E-state index contributed by atoms with van der Waals surface area (Å²) in [6.45, 7) is 0. The lowest BCUT2D eigenvalue weighted by Crippen LogP contribution is -2.14. The molecule has 0 aliphatic rings. The van der Waals surface area contributed by atoms with E-state index in [-0.39, 0.29) is 22.8 Å². The standard InChI is InChI=1S/C16H12F5NOS/c17-13-3-1-2-10(15(13)18)8-24-9-14(23)22-12-6-4-11(5-7-12)16(19,20)21/h1-7H,8-9H2,(H,22,23). The first kappa shape index (κ1) is 18.3. The maximum Gasteiger partial charge on any atom is 0.416 e. The molecule has 8 heteroatoms. The van der Waals surface area contributed by atoms with Crippen LogP contribution >= 0.6 is 11.8 Å². The third-order valence-electron chi connectivity index (χ3n) is 3.02. The monoisotopic (exact) mass is 361 g/mol. The third kappa shape index (κ3) is 4.95. The van der Waals surface area contributed by atoms with Gasteiger partial charge in [-0.05, 0) is 30.3 Å². The van der Waals surface area contributed by atoms with E-state index in [1.54, 1.807) is 0 Å². The number of benzene rings is 2. The second-order valence-electron chi connectivity index (χ2n) is 4.83. The molecule has 0 saturated carbocycles. The van der Waals surface area contributed by atoms with E-state index in [0.29, 0.717) is 0 Å². The van der Waals surface area contributed by atoms with Gasteiger partial charge in [-0.25, -0.2) is 8.78 Å². The number of alkyl halides is 3. The number of rotatable bonds is 5. The minimum atomic E-state index is -4.44. The molecule has 1 N–H and O–H groups in total. The van der Waals surface area contributed by atoms with Crippen molar-refractivity contribution in [1.29, 1.82) is 0 Å². The number of amides is 1. The Kier molecular flexibility index (Phi) is 5.82. The second-order valence-corrected chi connectivity index (χ2v) is 5.81. The van der Waals surface area contributed by atoms with Gasteiger partial charge in [0.25, 0.3) is 0 Å². The van der Waals surface area contributed by atoms with Crippen molar-refractivity contribution in [3.8, 4) is 0 Å². The molecule has 2 aromatic rings. The lowest BCUT2D eigenvalue weighted by atomic mass is 10.2. The average molecular weight is 361 g/mol. The van der Waals surface area contributed by atoms with Gasteiger partial charge in [0, 0.05) is 17.0 Å². The summed E-state index contributed by atoms with van der Waals surface area (Å²) in [6, 6.07) is 7.82. The number of halogens is 5. The molecule has 2 aromatic carbocycles. The van der Waals surface area contributed by atoms with Crippen LogP contribution in [0.5, 0.6) is 0 Å². The summed E-state index contributed by atoms with van der Waals surface area (Å²) in [4.78, 5) is 11.7. The molecule has 24 heavy (non-hydrogen) atoms. The molecular weight excluding hydrogens is 349 g/mol. The molecule has 0 atom stereocenters. The Hall–Kier alpha value is -2.09. The van der Waals surface area contributed by atoms with Crippen molar-refractivity contribution in [1.82, 2.24) is 0 Å². The van der Waals surface area contributed by atoms with Crippen molar-refractivity contribution in [2.45, 2.75) is 11.9 Å². The number of hydrogen-bond donors (Lipinski definition) is 1. The molecule has 0 fully saturated rings. The minimum absolute atomic E-state index is 0.0447. The molecule has 2 rings (SSSR count). The van der Waals surface area contributed by atoms with Gasteiger partial charge >= 0.3 is 6.18 Å². The maximum absolute atomic E-state index is 13.4. The molecule has 2 nitrogen and oxygen atoms in total. The number of anilines is 1. The first-order valence-electron chi connectivity index (χ1n) is 6.75. The van der Waals surface area contributed by atoms with E-state index < -0.39 is 29.3 Å². The molecule has 0 aromatic heterocycles. The summed E-state index contributed by atoms with van der Waals surface area (Å²) in [7, 11) is 0. The number of nitrogens with one attached hydrogen (secondary N) is 1. The van der Waals surface area contributed by atoms with Crippen molar-refractivity contribution < 1.29 is 26.7 Å². The first-order chi connectivity index (χ1) is 11.3. The van der Waals surface area contributed by atoms with Crippen molar-refractivity contribution in [3.63, 3.8) is 0 Å². The van der Waals surface area contributed by atoms with Gasteiger partial charge in [-0.1, -0.05) is 12.1 Å². The van der Waals surface area contributed by atoms with Crippen LogP contribution < -0.4 is 5.32 Å². The van der Waals surface area contributed by atoms with Gasteiger partial charge in [-0.3, -0.25) is 4.79 Å². The Labute approximate surface area is 139 Å². The fourth-order valence-corrected chi connectivity index (χ4v) is 2.66. The molecule has 1 amide bonds. The van der Waals surface area contributed by atoms with Crippen molar-refractivity contribution in [2.24, 2.45) is 0 Å². The second kappa shape index (κ2) is 7.65. The number of hydrogen-bond acceptors (Lipinski definition) is 2. The van der Waals surface area contributed by atoms with Gasteiger partial charge < -0.3 is 5.32 Å². The highest BCUT2D eigenvalue weighted by Gasteiger charge is 2.29. The smallest absolute Gasteiger partial charge is 0.325 e. The van der Waals surface area contributed by atoms with Gasteiger partial charge in [0.05, 0.1) is 11.3 Å². The average Bonchev–Trinajstić information content (AvgIpc) is 2.51. The zero-order valence-electron chi connectivity index (χ0n) is 12.2. The van der Waals surface area contributed by atoms with E-state index in [2.05, 4.69) is 5.32 Å². The maximum atomic E-state index is 13.4. The molecule has 0 unspecified atom stereocenters. The van der Waals surface area contributed by atoms with Crippen LogP contribution in [0.3, 0.4) is 0 Å². The Balaban J connectivity index is 1.84. The van der Waals surface area contributed by atoms with Crippen LogP contribution in [-0.2, 0) is 16.7 Å². The molecule has 0 radical (unpaired) electrons. The molecular formula is C16H12F5NOS. The first-order valence-corrected chi connectivity index (χ1v) is 7.90. The van der Waals surface area contributed by atoms with Gasteiger partial charge in [0.2, 0.25) is 5.91 Å². The van der Waals surface area contributed by atoms with Crippen LogP contribution in [-0.4, -0.2) is 11.7 Å². The lowest BCUT2D eigenvalue weighted by Gasteiger charge is -2.09. The fraction of sp³-hybridized carbons (Fsp3) is 0.188. The van der Waals surface area contributed by atoms with Gasteiger partial charge in [-0.15, -0.1) is 11.8 Å². The van der Waals surface area contributed by atoms with Crippen LogP contribution in [0.25, 0.3) is 0 Å². The topological polar surface area (TPSA) is 29.1 Å². The largest absolute Gasteiger partial charge is 0.416 e. The van der Waals surface area contributed by atoms with Crippen LogP contribution in [0.2, 0.25) is 0 Å². The van der Waals surface area contributed by atoms with E-state index in [4.69, 9.17) is 0 Å². The van der Waals surface area contributed by atoms with Crippen molar-refractivity contribution in [3.05, 3.63) is 65.2 Å². The summed E-state index contributed by atoms with van der Waals surface area (Å²) < 4.78 is 63.7. The Morgan fingerprint density at radius 1 is 1.04 bits per heavy atom. The minimum Gasteiger partial charge on any atom is -0.325 e. The van der Waals surface area contributed by atoms with Crippen molar-refractivity contribution in [2.75, 3.05) is 11.1 Å². The van der Waals surface area contributed by atoms with E-state index in [9.17, 15) is 26.7 Å². The van der Waals surface area contributed by atoms with Crippen LogP contribution in [0, 0.1) is 11.6 Å². The number of thioether (sulfide) groups is 1. The molecule has 0 heterocycles. The molecule has 128 valence electrons. The zero-order chi connectivity index (χ0) is 17.7. The lowest BCUT2D eigenvalue weighted by molar-refractivity contribution is -0.137. The molecule has 0 bridgehead atoms. The molecule has 0 saturated heterocycles. The number of carbonyl (C=O) groups is 1.